The molecule has 20 heavy (non-hydrogen) atoms. The minimum atomic E-state index is -0.322. The summed E-state index contributed by atoms with van der Waals surface area (Å²) in [6.45, 7) is 5.05. The van der Waals surface area contributed by atoms with Crippen LogP contribution in [0.15, 0.2) is 5.38 Å². The van der Waals surface area contributed by atoms with Gasteiger partial charge in [-0.2, -0.15) is 0 Å². The second-order valence-corrected chi connectivity index (χ2v) is 6.60. The van der Waals surface area contributed by atoms with E-state index in [9.17, 15) is 9.90 Å². The van der Waals surface area contributed by atoms with Crippen molar-refractivity contribution in [3.05, 3.63) is 11.1 Å². The zero-order chi connectivity index (χ0) is 14.1. The Morgan fingerprint density at radius 1 is 1.35 bits per heavy atom. The van der Waals surface area contributed by atoms with Crippen molar-refractivity contribution >= 4 is 22.4 Å². The number of nitrogens with zero attached hydrogens (tertiary/aromatic N) is 3. The summed E-state index contributed by atoms with van der Waals surface area (Å²) in [7, 11) is 0. The molecular formula is C14H21N3O2S. The zero-order valence-corrected chi connectivity index (χ0v) is 12.6. The molecule has 3 rings (SSSR count). The Morgan fingerprint density at radius 3 is 2.65 bits per heavy atom. The maximum absolute atomic E-state index is 12.4. The van der Waals surface area contributed by atoms with Crippen LogP contribution in [0, 0.1) is 12.8 Å². The first-order valence-electron chi connectivity index (χ1n) is 7.27. The van der Waals surface area contributed by atoms with Gasteiger partial charge < -0.3 is 14.9 Å². The number of β-amino-alcohol motifs (C(OH)–C–C–N with tert-alkyl or cyclic N) is 1. The third-order valence-electron chi connectivity index (χ3n) is 4.20. The van der Waals surface area contributed by atoms with E-state index in [1.807, 2.05) is 11.8 Å². The third kappa shape index (κ3) is 2.81. The molecule has 2 aliphatic heterocycles. The molecule has 1 aromatic rings. The summed E-state index contributed by atoms with van der Waals surface area (Å²) in [5.74, 6) is 0.356. The van der Waals surface area contributed by atoms with E-state index in [2.05, 4.69) is 15.3 Å². The lowest BCUT2D eigenvalue weighted by atomic mass is 9.95. The quantitative estimate of drug-likeness (QED) is 0.892. The highest BCUT2D eigenvalue weighted by atomic mass is 32.1. The number of carbonyl (C=O) groups excluding carboxylic acids is 1. The lowest BCUT2D eigenvalue weighted by Crippen LogP contribution is -2.42. The SMILES string of the molecule is Cc1csc(N2CCC(C(=O)N3CC[C@@H](O)C3)CC2)n1. The van der Waals surface area contributed by atoms with E-state index in [-0.39, 0.29) is 17.9 Å². The van der Waals surface area contributed by atoms with E-state index < -0.39 is 0 Å². The van der Waals surface area contributed by atoms with Gasteiger partial charge in [-0.15, -0.1) is 11.3 Å². The van der Waals surface area contributed by atoms with Crippen LogP contribution in [-0.4, -0.2) is 53.2 Å². The number of thiazole rings is 1. The number of amides is 1. The molecule has 1 aromatic heterocycles. The number of carbonyl (C=O) groups is 1. The van der Waals surface area contributed by atoms with Crippen LogP contribution in [0.4, 0.5) is 5.13 Å². The van der Waals surface area contributed by atoms with Gasteiger partial charge in [-0.25, -0.2) is 4.98 Å². The third-order valence-corrected chi connectivity index (χ3v) is 5.22. The van der Waals surface area contributed by atoms with Gasteiger partial charge in [0, 0.05) is 37.5 Å². The van der Waals surface area contributed by atoms with Gasteiger partial charge in [-0.1, -0.05) is 0 Å². The molecule has 0 radical (unpaired) electrons. The Balaban J connectivity index is 1.54. The summed E-state index contributed by atoms with van der Waals surface area (Å²) in [6.07, 6.45) is 2.19. The molecular weight excluding hydrogens is 274 g/mol. The molecule has 0 unspecified atom stereocenters. The molecule has 0 bridgehead atoms. The molecule has 2 saturated heterocycles. The number of aromatic nitrogens is 1. The average molecular weight is 295 g/mol. The van der Waals surface area contributed by atoms with Gasteiger partial charge in [0.2, 0.25) is 5.91 Å². The van der Waals surface area contributed by atoms with Crippen molar-refractivity contribution in [3.63, 3.8) is 0 Å². The number of hydrogen-bond acceptors (Lipinski definition) is 5. The van der Waals surface area contributed by atoms with Crippen molar-refractivity contribution in [2.45, 2.75) is 32.3 Å². The smallest absolute Gasteiger partial charge is 0.225 e. The minimum absolute atomic E-state index is 0.123. The maximum Gasteiger partial charge on any atom is 0.225 e. The lowest BCUT2D eigenvalue weighted by Gasteiger charge is -2.32. The van der Waals surface area contributed by atoms with Gasteiger partial charge in [0.1, 0.15) is 0 Å². The van der Waals surface area contributed by atoms with E-state index in [0.717, 1.165) is 43.2 Å². The highest BCUT2D eigenvalue weighted by Gasteiger charge is 2.32. The zero-order valence-electron chi connectivity index (χ0n) is 11.8. The number of aliphatic hydroxyl groups excluding tert-OH is 1. The number of piperidine rings is 1. The predicted molar refractivity (Wildman–Crippen MR) is 79.0 cm³/mol. The molecule has 2 aliphatic rings. The summed E-state index contributed by atoms with van der Waals surface area (Å²) < 4.78 is 0. The molecule has 0 aliphatic carbocycles. The van der Waals surface area contributed by atoms with Crippen LogP contribution in [0.3, 0.4) is 0 Å². The molecule has 3 heterocycles. The predicted octanol–water partition coefficient (Wildman–Crippen LogP) is 1.26. The second kappa shape index (κ2) is 5.69. The topological polar surface area (TPSA) is 56.7 Å². The number of aryl methyl sites for hydroxylation is 1. The molecule has 110 valence electrons. The van der Waals surface area contributed by atoms with Gasteiger partial charge in [-0.05, 0) is 26.2 Å². The summed E-state index contributed by atoms with van der Waals surface area (Å²) in [5.41, 5.74) is 1.06. The first-order valence-corrected chi connectivity index (χ1v) is 8.15. The number of aliphatic hydroxyl groups is 1. The fraction of sp³-hybridized carbons (Fsp3) is 0.714. The van der Waals surface area contributed by atoms with Crippen molar-refractivity contribution in [1.82, 2.24) is 9.88 Å². The first kappa shape index (κ1) is 13.8. The van der Waals surface area contributed by atoms with Crippen LogP contribution >= 0.6 is 11.3 Å². The molecule has 1 amide bonds. The summed E-state index contributed by atoms with van der Waals surface area (Å²) in [6, 6.07) is 0. The maximum atomic E-state index is 12.4. The first-order chi connectivity index (χ1) is 9.63. The van der Waals surface area contributed by atoms with Gasteiger partial charge >= 0.3 is 0 Å². The van der Waals surface area contributed by atoms with Crippen LogP contribution in [-0.2, 0) is 4.79 Å². The molecule has 1 N–H and O–H groups in total. The average Bonchev–Trinajstić information content (AvgIpc) is 3.07. The largest absolute Gasteiger partial charge is 0.391 e. The highest BCUT2D eigenvalue weighted by Crippen LogP contribution is 2.27. The Hall–Kier alpha value is -1.14. The van der Waals surface area contributed by atoms with Gasteiger partial charge in [-0.3, -0.25) is 4.79 Å². The van der Waals surface area contributed by atoms with Crippen LogP contribution in [0.2, 0.25) is 0 Å². The molecule has 5 nitrogen and oxygen atoms in total. The molecule has 2 fully saturated rings. The summed E-state index contributed by atoms with van der Waals surface area (Å²) in [4.78, 5) is 21.0. The lowest BCUT2D eigenvalue weighted by molar-refractivity contribution is -0.135. The van der Waals surface area contributed by atoms with E-state index in [0.29, 0.717) is 13.1 Å². The van der Waals surface area contributed by atoms with Crippen LogP contribution in [0.1, 0.15) is 25.0 Å². The second-order valence-electron chi connectivity index (χ2n) is 5.76. The Morgan fingerprint density at radius 2 is 2.10 bits per heavy atom. The van der Waals surface area contributed by atoms with E-state index >= 15 is 0 Å². The fourth-order valence-corrected chi connectivity index (χ4v) is 3.86. The number of anilines is 1. The summed E-state index contributed by atoms with van der Waals surface area (Å²) in [5, 5.41) is 12.7. The minimum Gasteiger partial charge on any atom is -0.391 e. The van der Waals surface area contributed by atoms with Crippen molar-refractivity contribution in [3.8, 4) is 0 Å². The van der Waals surface area contributed by atoms with Crippen molar-refractivity contribution in [2.24, 2.45) is 5.92 Å². The van der Waals surface area contributed by atoms with E-state index in [4.69, 9.17) is 0 Å². The molecule has 0 saturated carbocycles. The van der Waals surface area contributed by atoms with Gasteiger partial charge in [0.25, 0.3) is 0 Å². The van der Waals surface area contributed by atoms with Crippen LogP contribution < -0.4 is 4.90 Å². The highest BCUT2D eigenvalue weighted by molar-refractivity contribution is 7.13. The number of rotatable bonds is 2. The van der Waals surface area contributed by atoms with Crippen molar-refractivity contribution < 1.29 is 9.90 Å². The Bertz CT molecular complexity index is 483. The number of likely N-dealkylation sites (tertiary alicyclic amines) is 1. The number of hydrogen-bond donors (Lipinski definition) is 1. The normalized spacial score (nSPS) is 24.4. The van der Waals surface area contributed by atoms with Crippen LogP contribution in [0.5, 0.6) is 0 Å². The van der Waals surface area contributed by atoms with Crippen molar-refractivity contribution in [2.75, 3.05) is 31.1 Å². The molecule has 0 spiro atoms. The van der Waals surface area contributed by atoms with Crippen molar-refractivity contribution in [1.29, 1.82) is 0 Å². The van der Waals surface area contributed by atoms with Crippen LogP contribution in [0.25, 0.3) is 0 Å². The molecule has 1 atom stereocenters. The summed E-state index contributed by atoms with van der Waals surface area (Å²) >= 11 is 1.68. The Labute approximate surface area is 123 Å². The standard InChI is InChI=1S/C14H21N3O2S/c1-10-9-20-14(15-10)16-5-2-11(3-6-16)13(19)17-7-4-12(18)8-17/h9,11-12,18H,2-8H2,1H3/t12-/m1/s1. The fourth-order valence-electron chi connectivity index (χ4n) is 3.00. The van der Waals surface area contributed by atoms with Gasteiger partial charge in [0.15, 0.2) is 5.13 Å². The Kier molecular flexibility index (Phi) is 3.94. The molecule has 0 aromatic carbocycles. The van der Waals surface area contributed by atoms with Gasteiger partial charge in [0.05, 0.1) is 11.8 Å². The monoisotopic (exact) mass is 295 g/mol. The molecule has 6 heteroatoms. The van der Waals surface area contributed by atoms with E-state index in [1.54, 1.807) is 11.3 Å². The van der Waals surface area contributed by atoms with E-state index in [1.165, 1.54) is 0 Å².